The van der Waals surface area contributed by atoms with Crippen molar-refractivity contribution < 1.29 is 5.11 Å². The molecule has 0 radical (unpaired) electrons. The average Bonchev–Trinajstić information content (AvgIpc) is 2.53. The van der Waals surface area contributed by atoms with Gasteiger partial charge in [-0.15, -0.1) is 0 Å². The maximum atomic E-state index is 9.41. The van der Waals surface area contributed by atoms with Crippen molar-refractivity contribution in [3.63, 3.8) is 0 Å². The van der Waals surface area contributed by atoms with Gasteiger partial charge in [0.05, 0.1) is 0 Å². The van der Waals surface area contributed by atoms with Crippen LogP contribution in [0.2, 0.25) is 0 Å². The van der Waals surface area contributed by atoms with Gasteiger partial charge in [0.1, 0.15) is 5.75 Å². The van der Waals surface area contributed by atoms with Crippen LogP contribution < -0.4 is 0 Å². The van der Waals surface area contributed by atoms with Crippen LogP contribution in [0.1, 0.15) is 43.0 Å². The van der Waals surface area contributed by atoms with Gasteiger partial charge in [-0.05, 0) is 19.8 Å². The van der Waals surface area contributed by atoms with Crippen LogP contribution in [0.15, 0.2) is 12.1 Å². The summed E-state index contributed by atoms with van der Waals surface area (Å²) in [6.07, 6.45) is 5.08. The van der Waals surface area contributed by atoms with E-state index in [1.807, 2.05) is 13.0 Å². The third kappa shape index (κ3) is 1.82. The SMILES string of the molecule is Cc1cc(O)cc(C2CCCC2)n1. The van der Waals surface area contributed by atoms with Crippen LogP contribution in [0.3, 0.4) is 0 Å². The largest absolute Gasteiger partial charge is 0.508 e. The molecular formula is C11H15NO. The molecular weight excluding hydrogens is 162 g/mol. The Bertz CT molecular complexity index is 283. The van der Waals surface area contributed by atoms with E-state index in [1.165, 1.54) is 25.7 Å². The van der Waals surface area contributed by atoms with Crippen LogP contribution in [-0.2, 0) is 0 Å². The minimum atomic E-state index is 0.356. The van der Waals surface area contributed by atoms with Crippen LogP contribution in [0.5, 0.6) is 5.75 Å². The predicted octanol–water partition coefficient (Wildman–Crippen LogP) is 2.75. The Labute approximate surface area is 78.6 Å². The summed E-state index contributed by atoms with van der Waals surface area (Å²) in [5, 5.41) is 9.41. The molecule has 70 valence electrons. The van der Waals surface area contributed by atoms with E-state index in [0.29, 0.717) is 11.7 Å². The van der Waals surface area contributed by atoms with E-state index >= 15 is 0 Å². The van der Waals surface area contributed by atoms with Crippen LogP contribution in [0.4, 0.5) is 0 Å². The molecule has 1 aromatic heterocycles. The lowest BCUT2D eigenvalue weighted by molar-refractivity contribution is 0.471. The molecule has 1 aromatic rings. The summed E-state index contributed by atoms with van der Waals surface area (Å²) in [6, 6.07) is 3.52. The maximum Gasteiger partial charge on any atom is 0.119 e. The first kappa shape index (κ1) is 8.54. The summed E-state index contributed by atoms with van der Waals surface area (Å²) in [7, 11) is 0. The van der Waals surface area contributed by atoms with Crippen molar-refractivity contribution in [1.82, 2.24) is 4.98 Å². The first-order valence-electron chi connectivity index (χ1n) is 4.93. The highest BCUT2D eigenvalue weighted by molar-refractivity contribution is 5.27. The summed E-state index contributed by atoms with van der Waals surface area (Å²) < 4.78 is 0. The van der Waals surface area contributed by atoms with Crippen molar-refractivity contribution in [2.45, 2.75) is 38.5 Å². The van der Waals surface area contributed by atoms with Crippen LogP contribution in [0, 0.1) is 6.92 Å². The first-order chi connectivity index (χ1) is 6.25. The Morgan fingerprint density at radius 1 is 1.31 bits per heavy atom. The molecule has 2 rings (SSSR count). The molecule has 0 bridgehead atoms. The highest BCUT2D eigenvalue weighted by Crippen LogP contribution is 2.34. The van der Waals surface area contributed by atoms with E-state index in [2.05, 4.69) is 4.98 Å². The Kier molecular flexibility index (Phi) is 2.21. The molecule has 1 aliphatic carbocycles. The zero-order valence-corrected chi connectivity index (χ0v) is 7.95. The molecule has 13 heavy (non-hydrogen) atoms. The van der Waals surface area contributed by atoms with Gasteiger partial charge in [0, 0.05) is 29.4 Å². The minimum absolute atomic E-state index is 0.356. The first-order valence-corrected chi connectivity index (χ1v) is 4.93. The monoisotopic (exact) mass is 177 g/mol. The van der Waals surface area contributed by atoms with Gasteiger partial charge in [-0.1, -0.05) is 12.8 Å². The van der Waals surface area contributed by atoms with Crippen molar-refractivity contribution in [3.05, 3.63) is 23.5 Å². The number of hydrogen-bond acceptors (Lipinski definition) is 2. The topological polar surface area (TPSA) is 33.1 Å². The fraction of sp³-hybridized carbons (Fsp3) is 0.545. The van der Waals surface area contributed by atoms with Gasteiger partial charge in [0.25, 0.3) is 0 Å². The van der Waals surface area contributed by atoms with E-state index < -0.39 is 0 Å². The Balaban J connectivity index is 2.28. The molecule has 1 aliphatic rings. The molecule has 1 fully saturated rings. The van der Waals surface area contributed by atoms with E-state index in [4.69, 9.17) is 0 Å². The molecule has 0 saturated heterocycles. The quantitative estimate of drug-likeness (QED) is 0.715. The van der Waals surface area contributed by atoms with Gasteiger partial charge in [-0.3, -0.25) is 4.98 Å². The second kappa shape index (κ2) is 3.36. The number of nitrogens with zero attached hydrogens (tertiary/aromatic N) is 1. The van der Waals surface area contributed by atoms with Gasteiger partial charge in [0.2, 0.25) is 0 Å². The minimum Gasteiger partial charge on any atom is -0.508 e. The lowest BCUT2D eigenvalue weighted by Crippen LogP contribution is -1.97. The standard InChI is InChI=1S/C11H15NO/c1-8-6-10(13)7-11(12-8)9-4-2-3-5-9/h6-7,9H,2-5H2,1H3,(H,12,13). The molecule has 2 heteroatoms. The molecule has 0 aliphatic heterocycles. The molecule has 1 saturated carbocycles. The lowest BCUT2D eigenvalue weighted by Gasteiger charge is -2.09. The zero-order chi connectivity index (χ0) is 9.26. The number of pyridine rings is 1. The normalized spacial score (nSPS) is 17.9. The fourth-order valence-corrected chi connectivity index (χ4v) is 2.11. The smallest absolute Gasteiger partial charge is 0.119 e. The number of rotatable bonds is 1. The molecule has 0 amide bonds. The van der Waals surface area contributed by atoms with Crippen LogP contribution in [0.25, 0.3) is 0 Å². The van der Waals surface area contributed by atoms with Crippen LogP contribution >= 0.6 is 0 Å². The lowest BCUT2D eigenvalue weighted by atomic mass is 10.0. The molecule has 0 aromatic carbocycles. The number of hydrogen-bond donors (Lipinski definition) is 1. The van der Waals surface area contributed by atoms with E-state index in [0.717, 1.165) is 11.4 Å². The second-order valence-electron chi connectivity index (χ2n) is 3.87. The predicted molar refractivity (Wildman–Crippen MR) is 51.8 cm³/mol. The number of aromatic nitrogens is 1. The van der Waals surface area contributed by atoms with Gasteiger partial charge in [-0.25, -0.2) is 0 Å². The van der Waals surface area contributed by atoms with Gasteiger partial charge < -0.3 is 5.11 Å². The molecule has 0 atom stereocenters. The maximum absolute atomic E-state index is 9.41. The fourth-order valence-electron chi connectivity index (χ4n) is 2.11. The summed E-state index contributed by atoms with van der Waals surface area (Å²) in [4.78, 5) is 4.46. The summed E-state index contributed by atoms with van der Waals surface area (Å²) in [6.45, 7) is 1.93. The van der Waals surface area contributed by atoms with E-state index in [1.54, 1.807) is 6.07 Å². The second-order valence-corrected chi connectivity index (χ2v) is 3.87. The molecule has 0 spiro atoms. The molecule has 1 N–H and O–H groups in total. The van der Waals surface area contributed by atoms with Crippen molar-refractivity contribution in [3.8, 4) is 5.75 Å². The summed E-state index contributed by atoms with van der Waals surface area (Å²) >= 11 is 0. The third-order valence-corrected chi connectivity index (χ3v) is 2.73. The van der Waals surface area contributed by atoms with Crippen molar-refractivity contribution >= 4 is 0 Å². The van der Waals surface area contributed by atoms with Crippen molar-refractivity contribution in [2.24, 2.45) is 0 Å². The van der Waals surface area contributed by atoms with Crippen LogP contribution in [-0.4, -0.2) is 10.1 Å². The van der Waals surface area contributed by atoms with E-state index in [-0.39, 0.29) is 0 Å². The van der Waals surface area contributed by atoms with E-state index in [9.17, 15) is 5.11 Å². The summed E-state index contributed by atoms with van der Waals surface area (Å²) in [5.41, 5.74) is 2.00. The molecule has 2 nitrogen and oxygen atoms in total. The van der Waals surface area contributed by atoms with Gasteiger partial charge in [-0.2, -0.15) is 0 Å². The molecule has 0 unspecified atom stereocenters. The Morgan fingerprint density at radius 2 is 2.00 bits per heavy atom. The molecule has 1 heterocycles. The highest BCUT2D eigenvalue weighted by Gasteiger charge is 2.18. The Hall–Kier alpha value is -1.05. The van der Waals surface area contributed by atoms with Gasteiger partial charge >= 0.3 is 0 Å². The third-order valence-electron chi connectivity index (χ3n) is 2.73. The van der Waals surface area contributed by atoms with Gasteiger partial charge in [0.15, 0.2) is 0 Å². The summed E-state index contributed by atoms with van der Waals surface area (Å²) in [5.74, 6) is 0.945. The number of aromatic hydroxyl groups is 1. The zero-order valence-electron chi connectivity index (χ0n) is 7.95. The van der Waals surface area contributed by atoms with Crippen molar-refractivity contribution in [1.29, 1.82) is 0 Å². The average molecular weight is 177 g/mol. The van der Waals surface area contributed by atoms with Crippen molar-refractivity contribution in [2.75, 3.05) is 0 Å². The number of aryl methyl sites for hydroxylation is 1. The Morgan fingerprint density at radius 3 is 2.62 bits per heavy atom. The highest BCUT2D eigenvalue weighted by atomic mass is 16.3.